The largest absolute Gasteiger partial charge is 0.464 e. The van der Waals surface area contributed by atoms with Gasteiger partial charge in [-0.1, -0.05) is 44.8 Å². The lowest BCUT2D eigenvalue weighted by Crippen LogP contribution is -2.31. The van der Waals surface area contributed by atoms with E-state index in [1.54, 1.807) is 6.92 Å². The highest BCUT2D eigenvalue weighted by Crippen LogP contribution is 2.34. The summed E-state index contributed by atoms with van der Waals surface area (Å²) in [6.07, 6.45) is 17.2. The van der Waals surface area contributed by atoms with Gasteiger partial charge in [-0.15, -0.1) is 12.3 Å². The number of ether oxygens (including phenoxy) is 1. The molecule has 1 aliphatic carbocycles. The Kier molecular flexibility index (Phi) is 13.0. The Morgan fingerprint density at radius 2 is 2.03 bits per heavy atom. The van der Waals surface area contributed by atoms with Gasteiger partial charge in [-0.05, 0) is 44.9 Å². The van der Waals surface area contributed by atoms with Crippen LogP contribution in [0.2, 0.25) is 0 Å². The van der Waals surface area contributed by atoms with Crippen molar-refractivity contribution in [2.24, 2.45) is 17.8 Å². The molecule has 4 atom stereocenters. The number of ketones is 2. The van der Waals surface area contributed by atoms with Gasteiger partial charge >= 0.3 is 5.97 Å². The summed E-state index contributed by atoms with van der Waals surface area (Å²) in [6, 6.07) is 0. The van der Waals surface area contributed by atoms with Crippen LogP contribution in [-0.2, 0) is 19.1 Å². The minimum Gasteiger partial charge on any atom is -0.464 e. The SMILES string of the molecule is C#C[C@H](CC=C[C@H]1CCC(=O)[C@@H]1CCCCCC(=O)C(O)C(=O)OCC)CCCC. The Balaban J connectivity index is 2.35. The predicted molar refractivity (Wildman–Crippen MR) is 118 cm³/mol. The molecule has 1 unspecified atom stereocenters. The molecule has 1 aliphatic rings. The van der Waals surface area contributed by atoms with Crippen molar-refractivity contribution in [3.05, 3.63) is 12.2 Å². The van der Waals surface area contributed by atoms with Gasteiger partial charge in [0.15, 0.2) is 5.78 Å². The standard InChI is InChI=1S/C25H38O5/c1-4-7-12-19(5-2)13-11-14-20-17-18-22(26)21(20)15-9-8-10-16-23(27)24(28)25(29)30-6-3/h2,11,14,19-21,24,28H,4,6-10,12-13,15-18H2,1,3H3/t19-,20-,21+,24?/m0/s1. The van der Waals surface area contributed by atoms with E-state index in [9.17, 15) is 19.5 Å². The van der Waals surface area contributed by atoms with E-state index in [1.165, 1.54) is 0 Å². The minimum atomic E-state index is -1.68. The van der Waals surface area contributed by atoms with E-state index in [2.05, 4.69) is 29.7 Å². The van der Waals surface area contributed by atoms with Crippen LogP contribution in [0.15, 0.2) is 12.2 Å². The fourth-order valence-electron chi connectivity index (χ4n) is 4.01. The average molecular weight is 419 g/mol. The quantitative estimate of drug-likeness (QED) is 0.140. The number of hydrogen-bond donors (Lipinski definition) is 1. The van der Waals surface area contributed by atoms with Crippen LogP contribution in [0.4, 0.5) is 0 Å². The summed E-state index contributed by atoms with van der Waals surface area (Å²) in [7, 11) is 0. The number of unbranched alkanes of at least 4 members (excludes halogenated alkanes) is 3. The summed E-state index contributed by atoms with van der Waals surface area (Å²) in [5, 5.41) is 9.61. The average Bonchev–Trinajstić information content (AvgIpc) is 3.09. The Bertz CT molecular complexity index is 616. The van der Waals surface area contributed by atoms with Crippen LogP contribution in [0, 0.1) is 30.1 Å². The van der Waals surface area contributed by atoms with E-state index in [4.69, 9.17) is 6.42 Å². The number of allylic oxidation sites excluding steroid dienone is 2. The van der Waals surface area contributed by atoms with E-state index >= 15 is 0 Å². The van der Waals surface area contributed by atoms with E-state index in [0.717, 1.165) is 51.4 Å². The summed E-state index contributed by atoms with van der Waals surface area (Å²) >= 11 is 0. The monoisotopic (exact) mass is 418 g/mol. The van der Waals surface area contributed by atoms with Crippen molar-refractivity contribution in [2.75, 3.05) is 6.61 Å². The first kappa shape index (κ1) is 26.1. The molecule has 168 valence electrons. The van der Waals surface area contributed by atoms with Gasteiger partial charge in [0.1, 0.15) is 5.78 Å². The first-order valence-electron chi connectivity index (χ1n) is 11.5. The third-order valence-electron chi connectivity index (χ3n) is 5.85. The van der Waals surface area contributed by atoms with Gasteiger partial charge in [-0.25, -0.2) is 4.79 Å². The molecule has 0 spiro atoms. The fraction of sp³-hybridized carbons (Fsp3) is 0.720. The Labute approximate surface area is 181 Å². The number of carbonyl (C=O) groups excluding carboxylic acids is 3. The molecule has 5 nitrogen and oxygen atoms in total. The molecule has 0 heterocycles. The maximum Gasteiger partial charge on any atom is 0.342 e. The van der Waals surface area contributed by atoms with E-state index in [1.807, 2.05) is 0 Å². The number of Topliss-reactive ketones (excluding diaryl/α,β-unsaturated/α-hetero) is 2. The number of rotatable bonds is 15. The number of carbonyl (C=O) groups is 3. The second kappa shape index (κ2) is 15.0. The number of esters is 1. The van der Waals surface area contributed by atoms with E-state index in [-0.39, 0.29) is 30.8 Å². The first-order valence-corrected chi connectivity index (χ1v) is 11.5. The lowest BCUT2D eigenvalue weighted by molar-refractivity contribution is -0.157. The van der Waals surface area contributed by atoms with Crippen molar-refractivity contribution in [2.45, 2.75) is 90.6 Å². The molecule has 1 N–H and O–H groups in total. The summed E-state index contributed by atoms with van der Waals surface area (Å²) < 4.78 is 4.65. The Hall–Kier alpha value is -1.93. The maximum absolute atomic E-state index is 12.3. The topological polar surface area (TPSA) is 80.7 Å². The molecule has 0 bridgehead atoms. The van der Waals surface area contributed by atoms with Crippen LogP contribution >= 0.6 is 0 Å². The van der Waals surface area contributed by atoms with E-state index in [0.29, 0.717) is 18.6 Å². The van der Waals surface area contributed by atoms with Crippen LogP contribution in [-0.4, -0.2) is 35.4 Å². The number of terminal acetylenes is 1. The fourth-order valence-corrected chi connectivity index (χ4v) is 4.01. The number of aliphatic hydroxyl groups is 1. The molecule has 0 radical (unpaired) electrons. The van der Waals surface area contributed by atoms with Crippen molar-refractivity contribution in [1.82, 2.24) is 0 Å². The lowest BCUT2D eigenvalue weighted by atomic mass is 9.88. The molecule has 1 rings (SSSR count). The lowest BCUT2D eigenvalue weighted by Gasteiger charge is -2.15. The molecule has 1 fully saturated rings. The van der Waals surface area contributed by atoms with Crippen LogP contribution in [0.5, 0.6) is 0 Å². The summed E-state index contributed by atoms with van der Waals surface area (Å²) in [4.78, 5) is 35.5. The van der Waals surface area contributed by atoms with Crippen molar-refractivity contribution < 1.29 is 24.2 Å². The van der Waals surface area contributed by atoms with Gasteiger partial charge in [-0.2, -0.15) is 0 Å². The van der Waals surface area contributed by atoms with Gasteiger partial charge in [0.25, 0.3) is 0 Å². The highest BCUT2D eigenvalue weighted by molar-refractivity contribution is 6.01. The molecule has 0 aliphatic heterocycles. The third kappa shape index (κ3) is 9.26. The number of hydrogen-bond acceptors (Lipinski definition) is 5. The van der Waals surface area contributed by atoms with Crippen LogP contribution in [0.3, 0.4) is 0 Å². The molecule has 1 saturated carbocycles. The molecular formula is C25H38O5. The van der Waals surface area contributed by atoms with Gasteiger partial charge in [0, 0.05) is 24.7 Å². The Morgan fingerprint density at radius 3 is 2.70 bits per heavy atom. The smallest absolute Gasteiger partial charge is 0.342 e. The Morgan fingerprint density at radius 1 is 1.27 bits per heavy atom. The molecule has 0 aromatic rings. The molecule has 0 aromatic heterocycles. The normalized spacial score (nSPS) is 20.8. The number of aliphatic hydroxyl groups excluding tert-OH is 1. The summed E-state index contributed by atoms with van der Waals surface area (Å²) in [5.74, 6) is 2.44. The minimum absolute atomic E-state index is 0.0574. The summed E-state index contributed by atoms with van der Waals surface area (Å²) in [6.45, 7) is 3.93. The highest BCUT2D eigenvalue weighted by atomic mass is 16.5. The predicted octanol–water partition coefficient (Wildman–Crippen LogP) is 4.41. The van der Waals surface area contributed by atoms with Crippen molar-refractivity contribution in [3.8, 4) is 12.3 Å². The van der Waals surface area contributed by atoms with Gasteiger partial charge in [0.05, 0.1) is 6.61 Å². The van der Waals surface area contributed by atoms with Crippen LogP contribution in [0.1, 0.15) is 84.5 Å². The zero-order valence-corrected chi connectivity index (χ0v) is 18.6. The maximum atomic E-state index is 12.3. The van der Waals surface area contributed by atoms with Crippen molar-refractivity contribution in [3.63, 3.8) is 0 Å². The molecule has 30 heavy (non-hydrogen) atoms. The van der Waals surface area contributed by atoms with Crippen molar-refractivity contribution in [1.29, 1.82) is 0 Å². The highest BCUT2D eigenvalue weighted by Gasteiger charge is 2.32. The van der Waals surface area contributed by atoms with Gasteiger partial charge < -0.3 is 9.84 Å². The van der Waals surface area contributed by atoms with Crippen LogP contribution < -0.4 is 0 Å². The molecule has 5 heteroatoms. The zero-order chi connectivity index (χ0) is 22.4. The molecule has 0 saturated heterocycles. The second-order valence-electron chi connectivity index (χ2n) is 8.17. The van der Waals surface area contributed by atoms with Gasteiger partial charge in [0.2, 0.25) is 6.10 Å². The third-order valence-corrected chi connectivity index (χ3v) is 5.85. The van der Waals surface area contributed by atoms with E-state index < -0.39 is 17.9 Å². The first-order chi connectivity index (χ1) is 14.4. The summed E-state index contributed by atoms with van der Waals surface area (Å²) in [5.41, 5.74) is 0. The van der Waals surface area contributed by atoms with Gasteiger partial charge in [-0.3, -0.25) is 9.59 Å². The molecular weight excluding hydrogens is 380 g/mol. The zero-order valence-electron chi connectivity index (χ0n) is 18.6. The van der Waals surface area contributed by atoms with Crippen molar-refractivity contribution >= 4 is 17.5 Å². The molecule has 0 amide bonds. The molecule has 0 aromatic carbocycles. The second-order valence-corrected chi connectivity index (χ2v) is 8.17. The van der Waals surface area contributed by atoms with Crippen LogP contribution in [0.25, 0.3) is 0 Å².